The first kappa shape index (κ1) is 16.6. The zero-order chi connectivity index (χ0) is 14.2. The second-order valence-corrected chi connectivity index (χ2v) is 4.41. The molecule has 0 bridgehead atoms. The summed E-state index contributed by atoms with van der Waals surface area (Å²) in [5, 5.41) is 1.74. The normalized spacial score (nSPS) is 9.83. The summed E-state index contributed by atoms with van der Waals surface area (Å²) in [7, 11) is -4.09. The summed E-state index contributed by atoms with van der Waals surface area (Å²) in [6.45, 7) is 8.00. The Morgan fingerprint density at radius 3 is 1.83 bits per heavy atom. The molecule has 4 heteroatoms. The van der Waals surface area contributed by atoms with E-state index in [0.717, 1.165) is 10.8 Å². The van der Waals surface area contributed by atoms with Crippen molar-refractivity contribution in [2.24, 2.45) is 0 Å². The molecular weight excluding hydrogens is 248 g/mol. The van der Waals surface area contributed by atoms with E-state index in [1.165, 1.54) is 12.1 Å². The van der Waals surface area contributed by atoms with E-state index in [4.69, 9.17) is 4.55 Å². The number of hydrogen-bond acceptors (Lipinski definition) is 2. The lowest BCUT2D eigenvalue weighted by atomic mass is 10.1. The van der Waals surface area contributed by atoms with Crippen LogP contribution in [0.2, 0.25) is 0 Å². The molecule has 0 aliphatic rings. The van der Waals surface area contributed by atoms with Gasteiger partial charge in [-0.25, -0.2) is 0 Å². The van der Waals surface area contributed by atoms with Crippen molar-refractivity contribution < 1.29 is 13.0 Å². The molecule has 0 radical (unpaired) electrons. The zero-order valence-electron chi connectivity index (χ0n) is 11.2. The van der Waals surface area contributed by atoms with Crippen LogP contribution in [0.4, 0.5) is 0 Å². The summed E-state index contributed by atoms with van der Waals surface area (Å²) in [6, 6.07) is 11.9. The monoisotopic (exact) mass is 268 g/mol. The van der Waals surface area contributed by atoms with Gasteiger partial charge in [0.1, 0.15) is 0 Å². The third kappa shape index (κ3) is 4.47. The molecule has 0 saturated heterocycles. The minimum absolute atomic E-state index is 0.0730. The molecule has 0 aliphatic heterocycles. The van der Waals surface area contributed by atoms with Crippen molar-refractivity contribution in [1.29, 1.82) is 0 Å². The Labute approximate surface area is 109 Å². The molecule has 0 heterocycles. The third-order valence-corrected chi connectivity index (χ3v) is 2.87. The number of fused-ring (bicyclic) bond motifs is 1. The van der Waals surface area contributed by atoms with Gasteiger partial charge in [-0.2, -0.15) is 8.42 Å². The van der Waals surface area contributed by atoms with Gasteiger partial charge in [0, 0.05) is 0 Å². The van der Waals surface area contributed by atoms with E-state index in [2.05, 4.69) is 0 Å². The van der Waals surface area contributed by atoms with Crippen LogP contribution in [0.1, 0.15) is 27.7 Å². The molecule has 2 rings (SSSR count). The van der Waals surface area contributed by atoms with Crippen molar-refractivity contribution >= 4 is 20.9 Å². The van der Waals surface area contributed by atoms with Crippen LogP contribution < -0.4 is 0 Å². The molecule has 0 fully saturated rings. The second-order valence-electron chi connectivity index (χ2n) is 2.98. The van der Waals surface area contributed by atoms with Crippen LogP contribution in [0.25, 0.3) is 10.8 Å². The standard InChI is InChI=1S/C10H8O3S.2C2H6/c11-14(12,13)10-6-5-8-3-1-2-4-9(8)7-10;2*1-2/h1-7H,(H,11,12,13);2*1-2H3. The Bertz CT molecular complexity index is 574. The molecule has 0 saturated carbocycles. The van der Waals surface area contributed by atoms with E-state index in [1.807, 2.05) is 45.9 Å². The maximum Gasteiger partial charge on any atom is 0.294 e. The summed E-state index contributed by atoms with van der Waals surface area (Å²) in [5.74, 6) is 0. The molecule has 0 unspecified atom stereocenters. The van der Waals surface area contributed by atoms with Gasteiger partial charge < -0.3 is 0 Å². The smallest absolute Gasteiger partial charge is 0.282 e. The van der Waals surface area contributed by atoms with Crippen LogP contribution in [-0.2, 0) is 10.1 Å². The number of hydrogen-bond donors (Lipinski definition) is 1. The lowest BCUT2D eigenvalue weighted by Gasteiger charge is -1.99. The molecule has 0 aromatic heterocycles. The van der Waals surface area contributed by atoms with Gasteiger partial charge in [0.05, 0.1) is 4.90 Å². The highest BCUT2D eigenvalue weighted by Gasteiger charge is 2.08. The van der Waals surface area contributed by atoms with E-state index < -0.39 is 10.1 Å². The highest BCUT2D eigenvalue weighted by Crippen LogP contribution is 2.18. The molecule has 2 aromatic carbocycles. The minimum atomic E-state index is -4.09. The first-order valence-electron chi connectivity index (χ1n) is 6.04. The summed E-state index contributed by atoms with van der Waals surface area (Å²) < 4.78 is 30.5. The first-order chi connectivity index (χ1) is 8.57. The number of rotatable bonds is 1. The highest BCUT2D eigenvalue weighted by atomic mass is 32.2. The van der Waals surface area contributed by atoms with Crippen LogP contribution in [0.15, 0.2) is 47.4 Å². The summed E-state index contributed by atoms with van der Waals surface area (Å²) in [4.78, 5) is -0.0730. The van der Waals surface area contributed by atoms with Crippen molar-refractivity contribution in [2.75, 3.05) is 0 Å². The molecule has 0 spiro atoms. The van der Waals surface area contributed by atoms with E-state index in [-0.39, 0.29) is 4.90 Å². The maximum atomic E-state index is 10.8. The van der Waals surface area contributed by atoms with Crippen LogP contribution >= 0.6 is 0 Å². The van der Waals surface area contributed by atoms with Crippen molar-refractivity contribution in [2.45, 2.75) is 32.6 Å². The Morgan fingerprint density at radius 2 is 1.33 bits per heavy atom. The first-order valence-corrected chi connectivity index (χ1v) is 7.48. The largest absolute Gasteiger partial charge is 0.294 e. The van der Waals surface area contributed by atoms with Gasteiger partial charge in [-0.1, -0.05) is 58.0 Å². The fourth-order valence-corrected chi connectivity index (χ4v) is 1.84. The fraction of sp³-hybridized carbons (Fsp3) is 0.286. The molecule has 1 N–H and O–H groups in total. The molecule has 0 aliphatic carbocycles. The maximum absolute atomic E-state index is 10.8. The second kappa shape index (κ2) is 7.84. The highest BCUT2D eigenvalue weighted by molar-refractivity contribution is 7.85. The topological polar surface area (TPSA) is 54.4 Å². The SMILES string of the molecule is CC.CC.O=S(=O)(O)c1ccc2ccccc2c1. The minimum Gasteiger partial charge on any atom is -0.282 e. The van der Waals surface area contributed by atoms with Crippen LogP contribution in [-0.4, -0.2) is 13.0 Å². The Kier molecular flexibility index (Phi) is 7.24. The molecule has 100 valence electrons. The van der Waals surface area contributed by atoms with Gasteiger partial charge in [-0.3, -0.25) is 4.55 Å². The lowest BCUT2D eigenvalue weighted by Crippen LogP contribution is -1.97. The fourth-order valence-electron chi connectivity index (χ4n) is 1.33. The van der Waals surface area contributed by atoms with Crippen molar-refractivity contribution in [1.82, 2.24) is 0 Å². The lowest BCUT2D eigenvalue weighted by molar-refractivity contribution is 0.483. The molecule has 3 nitrogen and oxygen atoms in total. The molecule has 0 atom stereocenters. The van der Waals surface area contributed by atoms with Crippen LogP contribution in [0.3, 0.4) is 0 Å². The quantitative estimate of drug-likeness (QED) is 0.791. The molecular formula is C14H20O3S. The van der Waals surface area contributed by atoms with Crippen molar-refractivity contribution in [3.05, 3.63) is 42.5 Å². The predicted molar refractivity (Wildman–Crippen MR) is 76.5 cm³/mol. The summed E-state index contributed by atoms with van der Waals surface area (Å²) in [6.07, 6.45) is 0. The van der Waals surface area contributed by atoms with E-state index >= 15 is 0 Å². The zero-order valence-corrected chi connectivity index (χ0v) is 12.0. The third-order valence-electron chi connectivity index (χ3n) is 2.02. The van der Waals surface area contributed by atoms with Crippen LogP contribution in [0, 0.1) is 0 Å². The van der Waals surface area contributed by atoms with Gasteiger partial charge in [-0.15, -0.1) is 0 Å². The van der Waals surface area contributed by atoms with Gasteiger partial charge in [0.25, 0.3) is 10.1 Å². The molecule has 2 aromatic rings. The summed E-state index contributed by atoms with van der Waals surface area (Å²) in [5.41, 5.74) is 0. The van der Waals surface area contributed by atoms with E-state index in [9.17, 15) is 8.42 Å². The number of benzene rings is 2. The average molecular weight is 268 g/mol. The Morgan fingerprint density at radius 1 is 0.833 bits per heavy atom. The van der Waals surface area contributed by atoms with Gasteiger partial charge in [0.2, 0.25) is 0 Å². The predicted octanol–water partition coefficient (Wildman–Crippen LogP) is 4.14. The average Bonchev–Trinajstić information content (AvgIpc) is 2.42. The van der Waals surface area contributed by atoms with Crippen molar-refractivity contribution in [3.63, 3.8) is 0 Å². The van der Waals surface area contributed by atoms with E-state index in [1.54, 1.807) is 12.1 Å². The van der Waals surface area contributed by atoms with Crippen molar-refractivity contribution in [3.8, 4) is 0 Å². The Balaban J connectivity index is 0.000000659. The molecule has 18 heavy (non-hydrogen) atoms. The molecule has 0 amide bonds. The van der Waals surface area contributed by atoms with Gasteiger partial charge in [0.15, 0.2) is 0 Å². The summed E-state index contributed by atoms with van der Waals surface area (Å²) >= 11 is 0. The van der Waals surface area contributed by atoms with Crippen LogP contribution in [0.5, 0.6) is 0 Å². The van der Waals surface area contributed by atoms with Gasteiger partial charge >= 0.3 is 0 Å². The Hall–Kier alpha value is -1.39. The van der Waals surface area contributed by atoms with Gasteiger partial charge in [-0.05, 0) is 22.9 Å². The van der Waals surface area contributed by atoms with E-state index in [0.29, 0.717) is 0 Å².